The highest BCUT2D eigenvalue weighted by Gasteiger charge is 2.36. The molecule has 0 aliphatic carbocycles. The van der Waals surface area contributed by atoms with Gasteiger partial charge in [0.25, 0.3) is 0 Å². The lowest BCUT2D eigenvalue weighted by molar-refractivity contribution is -0.142. The van der Waals surface area contributed by atoms with Crippen molar-refractivity contribution < 1.29 is 17.4 Å². The normalized spacial score (nSPS) is 14.7. The van der Waals surface area contributed by atoms with Crippen LogP contribution in [0.4, 0.5) is 13.2 Å². The van der Waals surface area contributed by atoms with Gasteiger partial charge in [-0.15, -0.1) is 0 Å². The monoisotopic (exact) mass is 345 g/mol. The van der Waals surface area contributed by atoms with E-state index in [9.17, 15) is 17.4 Å². The van der Waals surface area contributed by atoms with Gasteiger partial charge in [-0.05, 0) is 24.6 Å². The second kappa shape index (κ2) is 6.84. The van der Waals surface area contributed by atoms with E-state index >= 15 is 0 Å². The van der Waals surface area contributed by atoms with Gasteiger partial charge in [0.15, 0.2) is 5.69 Å². The van der Waals surface area contributed by atoms with Crippen LogP contribution < -0.4 is 5.32 Å². The molecule has 4 nitrogen and oxygen atoms in total. The Bertz CT molecular complexity index is 695. The van der Waals surface area contributed by atoms with Crippen molar-refractivity contribution in [3.63, 3.8) is 0 Å². The van der Waals surface area contributed by atoms with Crippen molar-refractivity contribution in [3.8, 4) is 0 Å². The summed E-state index contributed by atoms with van der Waals surface area (Å²) in [6.45, 7) is 1.92. The minimum atomic E-state index is -4.46. The molecule has 8 heteroatoms. The Hall–Kier alpha value is -1.67. The van der Waals surface area contributed by atoms with Gasteiger partial charge in [-0.2, -0.15) is 18.3 Å². The smallest absolute Gasteiger partial charge is 0.306 e. The summed E-state index contributed by atoms with van der Waals surface area (Å²) in [4.78, 5) is 0.715. The topological polar surface area (TPSA) is 46.9 Å². The number of aryl methyl sites for hydroxylation is 1. The zero-order valence-corrected chi connectivity index (χ0v) is 13.8. The minimum absolute atomic E-state index is 0.0608. The van der Waals surface area contributed by atoms with Gasteiger partial charge < -0.3 is 5.32 Å². The molecular formula is C15H18F3N3OS. The molecule has 0 aliphatic rings. The van der Waals surface area contributed by atoms with E-state index in [1.165, 1.54) is 13.2 Å². The first-order chi connectivity index (χ1) is 10.7. The molecule has 1 N–H and O–H groups in total. The maximum atomic E-state index is 12.9. The summed E-state index contributed by atoms with van der Waals surface area (Å²) in [5, 5.41) is 6.54. The van der Waals surface area contributed by atoms with Crippen LogP contribution in [0.5, 0.6) is 0 Å². The second-order valence-corrected chi connectivity index (χ2v) is 6.68. The van der Waals surface area contributed by atoms with Crippen molar-refractivity contribution in [2.45, 2.75) is 30.6 Å². The molecule has 0 saturated heterocycles. The van der Waals surface area contributed by atoms with E-state index in [1.54, 1.807) is 18.4 Å². The fraction of sp³-hybridized carbons (Fsp3) is 0.400. The Morgan fingerprint density at radius 1 is 1.30 bits per heavy atom. The SMILES string of the molecule is CC(NCc1cn(C)nc1C(F)(F)F)c1ccc(S(C)=O)cc1. The predicted molar refractivity (Wildman–Crippen MR) is 82.2 cm³/mol. The molecule has 2 rings (SSSR count). The summed E-state index contributed by atoms with van der Waals surface area (Å²) in [7, 11) is 0.413. The lowest BCUT2D eigenvalue weighted by Crippen LogP contribution is -2.20. The van der Waals surface area contributed by atoms with Gasteiger partial charge in [0, 0.05) is 53.3 Å². The van der Waals surface area contributed by atoms with E-state index < -0.39 is 22.7 Å². The first-order valence-electron chi connectivity index (χ1n) is 6.95. The highest BCUT2D eigenvalue weighted by molar-refractivity contribution is 7.84. The van der Waals surface area contributed by atoms with E-state index in [-0.39, 0.29) is 18.2 Å². The maximum absolute atomic E-state index is 12.9. The lowest BCUT2D eigenvalue weighted by Gasteiger charge is -2.15. The third-order valence-electron chi connectivity index (χ3n) is 3.48. The largest absolute Gasteiger partial charge is 0.435 e. The molecule has 2 aromatic rings. The summed E-state index contributed by atoms with van der Waals surface area (Å²) in [6.07, 6.45) is -1.50. The third kappa shape index (κ3) is 4.42. The Kier molecular flexibility index (Phi) is 5.26. The van der Waals surface area contributed by atoms with E-state index in [0.717, 1.165) is 10.2 Å². The summed E-state index contributed by atoms with van der Waals surface area (Å²) < 4.78 is 51.2. The molecule has 0 bridgehead atoms. The van der Waals surface area contributed by atoms with Gasteiger partial charge in [-0.3, -0.25) is 8.89 Å². The van der Waals surface area contributed by atoms with E-state index in [4.69, 9.17) is 0 Å². The molecule has 2 unspecified atom stereocenters. The Morgan fingerprint density at radius 2 is 1.91 bits per heavy atom. The fourth-order valence-electron chi connectivity index (χ4n) is 2.23. The summed E-state index contributed by atoms with van der Waals surface area (Å²) in [5.41, 5.74) is 0.159. The fourth-order valence-corrected chi connectivity index (χ4v) is 2.75. The average molecular weight is 345 g/mol. The van der Waals surface area contributed by atoms with Crippen molar-refractivity contribution in [3.05, 3.63) is 47.3 Å². The second-order valence-electron chi connectivity index (χ2n) is 5.30. The molecular weight excluding hydrogens is 327 g/mol. The van der Waals surface area contributed by atoms with Crippen molar-refractivity contribution in [2.75, 3.05) is 6.26 Å². The van der Waals surface area contributed by atoms with Gasteiger partial charge in [0.05, 0.1) is 0 Å². The number of halogens is 3. The standard InChI is InChI=1S/C15H18F3N3OS/c1-10(11-4-6-13(7-5-11)23(3)22)19-8-12-9-21(2)20-14(12)15(16,17)18/h4-7,9-10,19H,8H2,1-3H3. The number of alkyl halides is 3. The van der Waals surface area contributed by atoms with Crippen molar-refractivity contribution in [1.82, 2.24) is 15.1 Å². The van der Waals surface area contributed by atoms with Gasteiger partial charge in [0.2, 0.25) is 0 Å². The quantitative estimate of drug-likeness (QED) is 0.906. The Balaban J connectivity index is 2.07. The summed E-state index contributed by atoms with van der Waals surface area (Å²) in [5.74, 6) is 0. The first-order valence-corrected chi connectivity index (χ1v) is 8.50. The molecule has 1 heterocycles. The zero-order valence-electron chi connectivity index (χ0n) is 13.0. The molecule has 0 fully saturated rings. The molecule has 1 aromatic heterocycles. The molecule has 0 radical (unpaired) electrons. The summed E-state index contributed by atoms with van der Waals surface area (Å²) >= 11 is 0. The van der Waals surface area contributed by atoms with E-state index in [2.05, 4.69) is 10.4 Å². The van der Waals surface area contributed by atoms with Crippen LogP contribution >= 0.6 is 0 Å². The van der Waals surface area contributed by atoms with Gasteiger partial charge >= 0.3 is 6.18 Å². The highest BCUT2D eigenvalue weighted by Crippen LogP contribution is 2.30. The zero-order chi connectivity index (χ0) is 17.2. The number of rotatable bonds is 5. The molecule has 126 valence electrons. The van der Waals surface area contributed by atoms with Crippen LogP contribution in [0.2, 0.25) is 0 Å². The van der Waals surface area contributed by atoms with Crippen LogP contribution in [0.25, 0.3) is 0 Å². The van der Waals surface area contributed by atoms with Gasteiger partial charge in [0.1, 0.15) is 0 Å². The van der Waals surface area contributed by atoms with Crippen LogP contribution in [0.1, 0.15) is 29.8 Å². The first kappa shape index (κ1) is 17.7. The molecule has 0 aliphatic heterocycles. The number of aromatic nitrogens is 2. The number of benzene rings is 1. The van der Waals surface area contributed by atoms with Crippen LogP contribution in [-0.2, 0) is 30.6 Å². The molecule has 1 aromatic carbocycles. The Morgan fingerprint density at radius 3 is 2.43 bits per heavy atom. The third-order valence-corrected chi connectivity index (χ3v) is 4.42. The number of nitrogens with zero attached hydrogens (tertiary/aromatic N) is 2. The molecule has 23 heavy (non-hydrogen) atoms. The highest BCUT2D eigenvalue weighted by atomic mass is 32.2. The minimum Gasteiger partial charge on any atom is -0.306 e. The van der Waals surface area contributed by atoms with Crippen LogP contribution in [-0.4, -0.2) is 20.2 Å². The molecule has 0 spiro atoms. The predicted octanol–water partition coefficient (Wildman–Crippen LogP) is 3.03. The maximum Gasteiger partial charge on any atom is 0.435 e. The number of hydrogen-bond acceptors (Lipinski definition) is 3. The van der Waals surface area contributed by atoms with Crippen molar-refractivity contribution >= 4 is 10.8 Å². The molecule has 2 atom stereocenters. The Labute approximate surface area is 135 Å². The van der Waals surface area contributed by atoms with Crippen molar-refractivity contribution in [1.29, 1.82) is 0 Å². The molecule has 0 saturated carbocycles. The van der Waals surface area contributed by atoms with Crippen molar-refractivity contribution in [2.24, 2.45) is 7.05 Å². The van der Waals surface area contributed by atoms with Crippen LogP contribution in [0, 0.1) is 0 Å². The number of hydrogen-bond donors (Lipinski definition) is 1. The number of nitrogens with one attached hydrogen (secondary N) is 1. The van der Waals surface area contributed by atoms with Crippen LogP contribution in [0.15, 0.2) is 35.4 Å². The lowest BCUT2D eigenvalue weighted by atomic mass is 10.1. The van der Waals surface area contributed by atoms with Gasteiger partial charge in [-0.1, -0.05) is 12.1 Å². The van der Waals surface area contributed by atoms with Crippen LogP contribution in [0.3, 0.4) is 0 Å². The summed E-state index contributed by atoms with van der Waals surface area (Å²) in [6, 6.07) is 7.02. The van der Waals surface area contributed by atoms with E-state index in [1.807, 2.05) is 19.1 Å². The van der Waals surface area contributed by atoms with E-state index in [0.29, 0.717) is 4.90 Å². The molecule has 0 amide bonds. The van der Waals surface area contributed by atoms with Gasteiger partial charge in [-0.25, -0.2) is 0 Å². The average Bonchev–Trinajstić information content (AvgIpc) is 2.86.